The van der Waals surface area contributed by atoms with Crippen LogP contribution in [0.1, 0.15) is 11.1 Å². The van der Waals surface area contributed by atoms with Crippen molar-refractivity contribution in [2.24, 2.45) is 0 Å². The zero-order valence-corrected chi connectivity index (χ0v) is 10.7. The van der Waals surface area contributed by atoms with Gasteiger partial charge in [0, 0.05) is 0 Å². The second-order valence-corrected chi connectivity index (χ2v) is 6.72. The number of sulfone groups is 1. The monoisotopic (exact) mass is 256 g/mol. The third-order valence-electron chi connectivity index (χ3n) is 2.89. The minimum atomic E-state index is -3.16. The summed E-state index contributed by atoms with van der Waals surface area (Å²) in [4.78, 5) is 0. The van der Waals surface area contributed by atoms with Crippen LogP contribution in [0.15, 0.2) is 18.2 Å². The van der Waals surface area contributed by atoms with Crippen molar-refractivity contribution in [2.75, 3.05) is 11.5 Å². The summed E-state index contributed by atoms with van der Waals surface area (Å²) in [6, 6.07) is 5.73. The van der Waals surface area contributed by atoms with Crippen LogP contribution in [0.5, 0.6) is 5.75 Å². The van der Waals surface area contributed by atoms with E-state index in [2.05, 4.69) is 0 Å². The van der Waals surface area contributed by atoms with Gasteiger partial charge >= 0.3 is 0 Å². The van der Waals surface area contributed by atoms with Gasteiger partial charge in [0.05, 0.1) is 11.5 Å². The van der Waals surface area contributed by atoms with Crippen molar-refractivity contribution in [1.29, 1.82) is 0 Å². The van der Waals surface area contributed by atoms with Crippen LogP contribution >= 0.6 is 0 Å². The lowest BCUT2D eigenvalue weighted by molar-refractivity contribution is 0.0733. The lowest BCUT2D eigenvalue weighted by Gasteiger charge is -2.17. The normalized spacial score (nSPS) is 27.0. The molecule has 1 aromatic rings. The van der Waals surface area contributed by atoms with Gasteiger partial charge in [0.1, 0.15) is 18.0 Å². The lowest BCUT2D eigenvalue weighted by atomic mass is 10.1. The Morgan fingerprint density at radius 3 is 2.59 bits per heavy atom. The molecule has 0 aromatic heterocycles. The average molecular weight is 256 g/mol. The van der Waals surface area contributed by atoms with E-state index in [0.29, 0.717) is 5.75 Å². The molecule has 0 radical (unpaired) electrons. The minimum absolute atomic E-state index is 0.110. The Labute approximate surface area is 101 Å². The predicted molar refractivity (Wildman–Crippen MR) is 65.0 cm³/mol. The van der Waals surface area contributed by atoms with E-state index in [4.69, 9.17) is 4.74 Å². The number of aryl methyl sites for hydroxylation is 2. The molecule has 0 amide bonds. The molecule has 4 nitrogen and oxygen atoms in total. The largest absolute Gasteiger partial charge is 0.486 e. The summed E-state index contributed by atoms with van der Waals surface area (Å²) in [5.74, 6) is 0.329. The van der Waals surface area contributed by atoms with Gasteiger partial charge < -0.3 is 9.84 Å². The van der Waals surface area contributed by atoms with Crippen LogP contribution in [0, 0.1) is 13.8 Å². The number of ether oxygens (including phenoxy) is 1. The zero-order chi connectivity index (χ0) is 12.6. The maximum atomic E-state index is 11.4. The first-order valence-electron chi connectivity index (χ1n) is 5.50. The van der Waals surface area contributed by atoms with Gasteiger partial charge in [-0.1, -0.05) is 12.1 Å². The first-order valence-corrected chi connectivity index (χ1v) is 7.32. The quantitative estimate of drug-likeness (QED) is 0.851. The fourth-order valence-electron chi connectivity index (χ4n) is 1.91. The highest BCUT2D eigenvalue weighted by atomic mass is 32.2. The molecule has 1 saturated heterocycles. The van der Waals surface area contributed by atoms with Gasteiger partial charge in [0.25, 0.3) is 0 Å². The Morgan fingerprint density at radius 2 is 2.00 bits per heavy atom. The Morgan fingerprint density at radius 1 is 1.29 bits per heavy atom. The standard InChI is InChI=1S/C12H16O4S/c1-8-3-4-9(2)11(5-8)16-12-7-17(14,15)6-10(12)13/h3-5,10,12-13H,6-7H2,1-2H3. The maximum Gasteiger partial charge on any atom is 0.156 e. The topological polar surface area (TPSA) is 63.6 Å². The van der Waals surface area contributed by atoms with Crippen LogP contribution in [0.25, 0.3) is 0 Å². The summed E-state index contributed by atoms with van der Waals surface area (Å²) in [5.41, 5.74) is 1.98. The molecule has 0 spiro atoms. The zero-order valence-electron chi connectivity index (χ0n) is 9.88. The van der Waals surface area contributed by atoms with Crippen molar-refractivity contribution in [2.45, 2.75) is 26.1 Å². The van der Waals surface area contributed by atoms with Crippen LogP contribution in [0.2, 0.25) is 0 Å². The smallest absolute Gasteiger partial charge is 0.156 e. The molecular weight excluding hydrogens is 240 g/mol. The van der Waals surface area contributed by atoms with Gasteiger partial charge in [-0.3, -0.25) is 0 Å². The molecule has 1 fully saturated rings. The number of hydrogen-bond acceptors (Lipinski definition) is 4. The number of hydrogen-bond donors (Lipinski definition) is 1. The molecular formula is C12H16O4S. The molecule has 1 heterocycles. The molecule has 1 aliphatic rings. The minimum Gasteiger partial charge on any atom is -0.486 e. The third-order valence-corrected chi connectivity index (χ3v) is 4.58. The van der Waals surface area contributed by atoms with E-state index in [-0.39, 0.29) is 11.5 Å². The maximum absolute atomic E-state index is 11.4. The van der Waals surface area contributed by atoms with Crippen molar-refractivity contribution in [1.82, 2.24) is 0 Å². The Bertz CT molecular complexity index is 521. The van der Waals surface area contributed by atoms with Crippen LogP contribution in [0.3, 0.4) is 0 Å². The molecule has 0 aliphatic carbocycles. The van der Waals surface area contributed by atoms with Crippen molar-refractivity contribution in [3.63, 3.8) is 0 Å². The molecule has 2 rings (SSSR count). The summed E-state index contributed by atoms with van der Waals surface area (Å²) < 4.78 is 28.3. The number of benzene rings is 1. The van der Waals surface area contributed by atoms with E-state index >= 15 is 0 Å². The van der Waals surface area contributed by atoms with Crippen LogP contribution in [-0.2, 0) is 9.84 Å². The van der Waals surface area contributed by atoms with E-state index < -0.39 is 22.0 Å². The molecule has 2 unspecified atom stereocenters. The molecule has 5 heteroatoms. The number of aliphatic hydroxyl groups is 1. The molecule has 17 heavy (non-hydrogen) atoms. The van der Waals surface area contributed by atoms with Gasteiger partial charge in [-0.2, -0.15) is 0 Å². The highest BCUT2D eigenvalue weighted by Crippen LogP contribution is 2.24. The predicted octanol–water partition coefficient (Wildman–Crippen LogP) is 0.840. The van der Waals surface area contributed by atoms with E-state index in [1.807, 2.05) is 32.0 Å². The SMILES string of the molecule is Cc1ccc(C)c(OC2CS(=O)(=O)CC2O)c1. The summed E-state index contributed by atoms with van der Waals surface area (Å²) in [6.45, 7) is 3.83. The lowest BCUT2D eigenvalue weighted by Crippen LogP contribution is -2.30. The van der Waals surface area contributed by atoms with Gasteiger partial charge in [-0.05, 0) is 31.0 Å². The fraction of sp³-hybridized carbons (Fsp3) is 0.500. The second kappa shape index (κ2) is 4.31. The summed E-state index contributed by atoms with van der Waals surface area (Å²) in [5, 5.41) is 9.64. The molecule has 0 saturated carbocycles. The van der Waals surface area contributed by atoms with Gasteiger partial charge in [-0.15, -0.1) is 0 Å². The molecule has 1 aromatic carbocycles. The molecule has 94 valence electrons. The van der Waals surface area contributed by atoms with Crippen molar-refractivity contribution in [3.05, 3.63) is 29.3 Å². The average Bonchev–Trinajstić information content (AvgIpc) is 2.46. The molecule has 0 bridgehead atoms. The fourth-order valence-corrected chi connectivity index (χ4v) is 3.57. The van der Waals surface area contributed by atoms with Gasteiger partial charge in [-0.25, -0.2) is 8.42 Å². The van der Waals surface area contributed by atoms with Gasteiger partial charge in [0.15, 0.2) is 9.84 Å². The molecule has 2 atom stereocenters. The Kier molecular flexibility index (Phi) is 3.14. The highest BCUT2D eigenvalue weighted by Gasteiger charge is 2.38. The molecule has 1 N–H and O–H groups in total. The van der Waals surface area contributed by atoms with Crippen molar-refractivity contribution < 1.29 is 18.3 Å². The van der Waals surface area contributed by atoms with Gasteiger partial charge in [0.2, 0.25) is 0 Å². The van der Waals surface area contributed by atoms with E-state index in [0.717, 1.165) is 11.1 Å². The van der Waals surface area contributed by atoms with Crippen molar-refractivity contribution >= 4 is 9.84 Å². The van der Waals surface area contributed by atoms with Crippen LogP contribution in [0.4, 0.5) is 0 Å². The Balaban J connectivity index is 2.19. The summed E-state index contributed by atoms with van der Waals surface area (Å²) in [6.07, 6.45) is -1.58. The third kappa shape index (κ3) is 2.79. The first-order chi connectivity index (χ1) is 7.87. The molecule has 1 aliphatic heterocycles. The number of aliphatic hydroxyl groups excluding tert-OH is 1. The summed E-state index contributed by atoms with van der Waals surface area (Å²) >= 11 is 0. The second-order valence-electron chi connectivity index (χ2n) is 4.57. The van der Waals surface area contributed by atoms with Crippen LogP contribution in [-0.4, -0.2) is 37.2 Å². The van der Waals surface area contributed by atoms with E-state index in [9.17, 15) is 13.5 Å². The number of rotatable bonds is 2. The van der Waals surface area contributed by atoms with Crippen molar-refractivity contribution in [3.8, 4) is 5.75 Å². The van der Waals surface area contributed by atoms with E-state index in [1.165, 1.54) is 0 Å². The Hall–Kier alpha value is -1.07. The summed E-state index contributed by atoms with van der Waals surface area (Å²) in [7, 11) is -3.16. The van der Waals surface area contributed by atoms with Crippen LogP contribution < -0.4 is 4.74 Å². The first kappa shape index (κ1) is 12.4. The highest BCUT2D eigenvalue weighted by molar-refractivity contribution is 7.91. The van der Waals surface area contributed by atoms with E-state index in [1.54, 1.807) is 0 Å².